The highest BCUT2D eigenvalue weighted by atomic mass is 32.2. The fourth-order valence-corrected chi connectivity index (χ4v) is 4.80. The summed E-state index contributed by atoms with van der Waals surface area (Å²) in [6.07, 6.45) is 5.38. The van der Waals surface area contributed by atoms with Gasteiger partial charge in [-0.2, -0.15) is 4.99 Å². The molecule has 30 heavy (non-hydrogen) atoms. The van der Waals surface area contributed by atoms with Gasteiger partial charge in [-0.3, -0.25) is 14.9 Å². The van der Waals surface area contributed by atoms with Crippen molar-refractivity contribution in [2.45, 2.75) is 11.4 Å². The molecule has 0 aliphatic heterocycles. The minimum absolute atomic E-state index is 0.0124. The fraction of sp³-hybridized carbons (Fsp3) is 0.158. The number of non-ortho nitro benzene ring substituents is 1. The molecule has 1 heterocycles. The number of fused-ring (bicyclic) bond motifs is 1. The molecule has 0 unspecified atom stereocenters. The summed E-state index contributed by atoms with van der Waals surface area (Å²) in [4.78, 5) is 26.9. The first-order valence-electron chi connectivity index (χ1n) is 8.41. The first-order chi connectivity index (χ1) is 14.2. The van der Waals surface area contributed by atoms with Crippen molar-refractivity contribution in [3.05, 3.63) is 57.4 Å². The quantitative estimate of drug-likeness (QED) is 0.326. The number of amides is 1. The summed E-state index contributed by atoms with van der Waals surface area (Å²) in [6.45, 7) is 0.0124. The molecule has 154 valence electrons. The lowest BCUT2D eigenvalue weighted by molar-refractivity contribution is -0.384. The third-order valence-electron chi connectivity index (χ3n) is 4.08. The molecule has 1 amide bonds. The zero-order valence-electron chi connectivity index (χ0n) is 15.6. The number of terminal acetylenes is 1. The molecule has 3 aromatic rings. The van der Waals surface area contributed by atoms with Gasteiger partial charge in [-0.1, -0.05) is 17.3 Å². The van der Waals surface area contributed by atoms with Crippen molar-refractivity contribution < 1.29 is 22.9 Å². The smallest absolute Gasteiger partial charge is 0.271 e. The molecule has 0 N–H and O–H groups in total. The normalized spacial score (nSPS) is 11.9. The molecule has 0 aliphatic rings. The Balaban J connectivity index is 1.98. The number of sulfone groups is 1. The van der Waals surface area contributed by atoms with Gasteiger partial charge in [0, 0.05) is 12.1 Å². The van der Waals surface area contributed by atoms with E-state index >= 15 is 0 Å². The van der Waals surface area contributed by atoms with E-state index in [-0.39, 0.29) is 21.9 Å². The van der Waals surface area contributed by atoms with E-state index in [1.807, 2.05) is 0 Å². The van der Waals surface area contributed by atoms with E-state index < -0.39 is 26.4 Å². The molecule has 3 rings (SSSR count). The van der Waals surface area contributed by atoms with Crippen molar-refractivity contribution in [2.75, 3.05) is 12.9 Å². The molecule has 0 bridgehead atoms. The van der Waals surface area contributed by atoms with Gasteiger partial charge in [0.05, 0.1) is 33.7 Å². The Morgan fingerprint density at radius 2 is 2.00 bits per heavy atom. The average Bonchev–Trinajstić information content (AvgIpc) is 3.04. The number of ether oxygens (including phenoxy) is 1. The number of nitro groups is 1. The maximum atomic E-state index is 12.5. The summed E-state index contributed by atoms with van der Waals surface area (Å²) < 4.78 is 32.1. The van der Waals surface area contributed by atoms with Crippen molar-refractivity contribution in [1.82, 2.24) is 4.57 Å². The summed E-state index contributed by atoms with van der Waals surface area (Å²) in [5, 5.41) is 11.0. The highest BCUT2D eigenvalue weighted by Gasteiger charge is 2.20. The molecule has 0 aliphatic carbocycles. The maximum Gasteiger partial charge on any atom is 0.271 e. The number of benzene rings is 2. The summed E-state index contributed by atoms with van der Waals surface area (Å²) in [7, 11) is -2.46. The molecule has 2 aromatic carbocycles. The second-order valence-electron chi connectivity index (χ2n) is 6.02. The second-order valence-corrected chi connectivity index (χ2v) is 9.02. The number of nitrogens with zero attached hydrogens (tertiary/aromatic N) is 3. The van der Waals surface area contributed by atoms with E-state index in [1.165, 1.54) is 54.1 Å². The number of thiazole rings is 1. The van der Waals surface area contributed by atoms with Crippen molar-refractivity contribution in [2.24, 2.45) is 4.99 Å². The minimum atomic E-state index is -3.91. The van der Waals surface area contributed by atoms with E-state index in [2.05, 4.69) is 10.9 Å². The van der Waals surface area contributed by atoms with Gasteiger partial charge in [0.25, 0.3) is 11.6 Å². The van der Waals surface area contributed by atoms with Crippen LogP contribution >= 0.6 is 11.3 Å². The van der Waals surface area contributed by atoms with Gasteiger partial charge < -0.3 is 9.30 Å². The molecular weight excluding hydrogens is 430 g/mol. The van der Waals surface area contributed by atoms with Gasteiger partial charge in [0.15, 0.2) is 14.6 Å². The fourth-order valence-electron chi connectivity index (χ4n) is 2.67. The van der Waals surface area contributed by atoms with Gasteiger partial charge in [0.1, 0.15) is 11.5 Å². The van der Waals surface area contributed by atoms with Crippen LogP contribution in [0, 0.1) is 22.5 Å². The Labute approximate surface area is 175 Å². The Morgan fingerprint density at radius 3 is 2.60 bits per heavy atom. The number of rotatable bonds is 6. The molecule has 0 fully saturated rings. The van der Waals surface area contributed by atoms with Crippen LogP contribution in [0.5, 0.6) is 5.75 Å². The molecule has 0 saturated heterocycles. The topological polar surface area (TPSA) is 121 Å². The monoisotopic (exact) mass is 445 g/mol. The van der Waals surface area contributed by atoms with Crippen LogP contribution in [0.1, 0.15) is 0 Å². The Kier molecular flexibility index (Phi) is 6.00. The molecule has 11 heteroatoms. The molecule has 0 spiro atoms. The third kappa shape index (κ3) is 4.40. The standard InChI is InChI=1S/C19H15N3O6S2/c1-3-10-21-16-11-13(22(24)25)4-9-17(16)29-19(21)20-18(23)12-30(26,27)15-7-5-14(28-2)6-8-15/h1,4-9,11H,10,12H2,2H3. The lowest BCUT2D eigenvalue weighted by atomic mass is 10.3. The molecule has 1 aromatic heterocycles. The summed E-state index contributed by atoms with van der Waals surface area (Å²) in [5.41, 5.74) is 0.308. The zero-order valence-corrected chi connectivity index (χ0v) is 17.3. The number of carbonyl (C=O) groups excluding carboxylic acids is 1. The molecule has 0 radical (unpaired) electrons. The first kappa shape index (κ1) is 21.2. The van der Waals surface area contributed by atoms with Crippen molar-refractivity contribution >= 4 is 43.0 Å². The summed E-state index contributed by atoms with van der Waals surface area (Å²) in [6, 6.07) is 9.85. The number of aromatic nitrogens is 1. The second kappa shape index (κ2) is 8.48. The molecular formula is C19H15N3O6S2. The van der Waals surface area contributed by atoms with Crippen LogP contribution in [0.2, 0.25) is 0 Å². The first-order valence-corrected chi connectivity index (χ1v) is 10.9. The van der Waals surface area contributed by atoms with Crippen LogP contribution in [-0.2, 0) is 21.2 Å². The SMILES string of the molecule is C#CCn1c(=NC(=O)CS(=O)(=O)c2ccc(OC)cc2)sc2ccc([N+](=O)[O-])cc21. The van der Waals surface area contributed by atoms with Crippen LogP contribution in [0.3, 0.4) is 0 Å². The van der Waals surface area contributed by atoms with Gasteiger partial charge >= 0.3 is 0 Å². The largest absolute Gasteiger partial charge is 0.497 e. The summed E-state index contributed by atoms with van der Waals surface area (Å²) in [5.74, 6) is 1.19. The Bertz CT molecular complexity index is 1350. The third-order valence-corrected chi connectivity index (χ3v) is 6.75. The zero-order chi connectivity index (χ0) is 21.9. The van der Waals surface area contributed by atoms with E-state index in [0.717, 1.165) is 11.3 Å². The predicted molar refractivity (Wildman–Crippen MR) is 111 cm³/mol. The van der Waals surface area contributed by atoms with E-state index in [4.69, 9.17) is 11.2 Å². The Hall–Kier alpha value is -3.49. The van der Waals surface area contributed by atoms with Crippen molar-refractivity contribution in [1.29, 1.82) is 0 Å². The molecule has 0 saturated carbocycles. The number of carbonyl (C=O) groups is 1. The van der Waals surface area contributed by atoms with Crippen molar-refractivity contribution in [3.8, 4) is 18.1 Å². The maximum absolute atomic E-state index is 12.5. The average molecular weight is 445 g/mol. The highest BCUT2D eigenvalue weighted by molar-refractivity contribution is 7.92. The van der Waals surface area contributed by atoms with Gasteiger partial charge in [0.2, 0.25) is 0 Å². The highest BCUT2D eigenvalue weighted by Crippen LogP contribution is 2.23. The lowest BCUT2D eigenvalue weighted by Gasteiger charge is -2.04. The van der Waals surface area contributed by atoms with Crippen LogP contribution in [0.25, 0.3) is 10.2 Å². The summed E-state index contributed by atoms with van der Waals surface area (Å²) >= 11 is 1.09. The van der Waals surface area contributed by atoms with Crippen LogP contribution in [0.4, 0.5) is 5.69 Å². The Morgan fingerprint density at radius 1 is 1.30 bits per heavy atom. The van der Waals surface area contributed by atoms with Crippen LogP contribution in [0.15, 0.2) is 52.4 Å². The van der Waals surface area contributed by atoms with E-state index in [0.29, 0.717) is 16.0 Å². The number of nitro benzene ring substituents is 1. The van der Waals surface area contributed by atoms with Crippen LogP contribution in [-0.4, -0.2) is 36.7 Å². The van der Waals surface area contributed by atoms with Crippen molar-refractivity contribution in [3.63, 3.8) is 0 Å². The number of methoxy groups -OCH3 is 1. The van der Waals surface area contributed by atoms with Gasteiger partial charge in [-0.05, 0) is 30.3 Å². The van der Waals surface area contributed by atoms with Gasteiger partial charge in [-0.15, -0.1) is 6.42 Å². The minimum Gasteiger partial charge on any atom is -0.497 e. The number of hydrogen-bond acceptors (Lipinski definition) is 7. The number of hydrogen-bond donors (Lipinski definition) is 0. The predicted octanol–water partition coefficient (Wildman–Crippen LogP) is 2.15. The lowest BCUT2D eigenvalue weighted by Crippen LogP contribution is -2.20. The molecule has 0 atom stereocenters. The van der Waals surface area contributed by atoms with E-state index in [1.54, 1.807) is 0 Å². The van der Waals surface area contributed by atoms with Gasteiger partial charge in [-0.25, -0.2) is 8.42 Å². The van der Waals surface area contributed by atoms with E-state index in [9.17, 15) is 23.3 Å². The van der Waals surface area contributed by atoms with Crippen LogP contribution < -0.4 is 9.54 Å². The molecule has 9 nitrogen and oxygen atoms in total.